The Bertz CT molecular complexity index is 1080. The largest absolute Gasteiger partial charge is 0.506 e. The summed E-state index contributed by atoms with van der Waals surface area (Å²) in [5, 5.41) is 17.1. The molecule has 0 saturated carbocycles. The summed E-state index contributed by atoms with van der Waals surface area (Å²) in [6.07, 6.45) is 1.27. The number of amides is 2. The lowest BCUT2D eigenvalue weighted by Crippen LogP contribution is -2.60. The van der Waals surface area contributed by atoms with Gasteiger partial charge < -0.3 is 25.2 Å². The van der Waals surface area contributed by atoms with Crippen LogP contribution >= 0.6 is 11.6 Å². The number of carbonyl (C=O) groups is 2. The van der Waals surface area contributed by atoms with Crippen molar-refractivity contribution in [2.24, 2.45) is 0 Å². The number of hydrogen-bond acceptors (Lipinski definition) is 5. The van der Waals surface area contributed by atoms with Gasteiger partial charge in [0.25, 0.3) is 5.91 Å². The van der Waals surface area contributed by atoms with E-state index in [1.54, 1.807) is 17.9 Å². The molecular formula is C24H32ClN5O3. The lowest BCUT2D eigenvalue weighted by atomic mass is 9.86. The number of anilines is 1. The molecule has 178 valence electrons. The average Bonchev–Trinajstić information content (AvgIpc) is 3.03. The molecule has 0 atom stereocenters. The standard InChI is InChI=1S/C24H32ClN5O3/c1-7-21(32)29-12-15(13-29)28-23(33)22-14(3)27-20(30(22)8-2)11-26-18-9-16(24(4,5)6)17(25)10-19(18)31/h7,9-10,15,26,31H,1,8,11-13H2,2-6H3,(H,28,33). The summed E-state index contributed by atoms with van der Waals surface area (Å²) in [5.74, 6) is 0.390. The molecular weight excluding hydrogens is 442 g/mol. The molecule has 2 heterocycles. The number of phenols is 1. The fourth-order valence-corrected chi connectivity index (χ4v) is 4.42. The third-order valence-electron chi connectivity index (χ3n) is 5.79. The number of nitrogens with zero attached hydrogens (tertiary/aromatic N) is 3. The number of benzene rings is 1. The van der Waals surface area contributed by atoms with Gasteiger partial charge in [0.15, 0.2) is 0 Å². The Hall–Kier alpha value is -3.00. The molecule has 1 aromatic heterocycles. The van der Waals surface area contributed by atoms with Crippen molar-refractivity contribution in [3.63, 3.8) is 0 Å². The second-order valence-corrected chi connectivity index (χ2v) is 9.68. The summed E-state index contributed by atoms with van der Waals surface area (Å²) in [5.41, 5.74) is 2.42. The van der Waals surface area contributed by atoms with Crippen LogP contribution in [0.3, 0.4) is 0 Å². The summed E-state index contributed by atoms with van der Waals surface area (Å²) < 4.78 is 1.86. The first-order valence-electron chi connectivity index (χ1n) is 11.0. The molecule has 2 aromatic rings. The van der Waals surface area contributed by atoms with E-state index in [-0.39, 0.29) is 29.0 Å². The molecule has 9 heteroatoms. The van der Waals surface area contributed by atoms with Crippen molar-refractivity contribution in [2.75, 3.05) is 18.4 Å². The Morgan fingerprint density at radius 3 is 2.58 bits per heavy atom. The molecule has 0 unspecified atom stereocenters. The summed E-state index contributed by atoms with van der Waals surface area (Å²) in [4.78, 5) is 30.8. The first-order chi connectivity index (χ1) is 15.5. The van der Waals surface area contributed by atoms with Crippen LogP contribution in [0, 0.1) is 6.92 Å². The van der Waals surface area contributed by atoms with Gasteiger partial charge in [-0.3, -0.25) is 9.59 Å². The van der Waals surface area contributed by atoms with E-state index in [9.17, 15) is 14.7 Å². The van der Waals surface area contributed by atoms with E-state index < -0.39 is 0 Å². The molecule has 0 spiro atoms. The first-order valence-corrected chi connectivity index (χ1v) is 11.4. The van der Waals surface area contributed by atoms with E-state index >= 15 is 0 Å². The average molecular weight is 474 g/mol. The molecule has 0 aliphatic carbocycles. The minimum absolute atomic E-state index is 0.0564. The maximum atomic E-state index is 13.0. The number of halogens is 1. The van der Waals surface area contributed by atoms with Gasteiger partial charge in [-0.2, -0.15) is 0 Å². The van der Waals surface area contributed by atoms with E-state index in [1.807, 2.05) is 17.6 Å². The van der Waals surface area contributed by atoms with Gasteiger partial charge in [0.2, 0.25) is 5.91 Å². The van der Waals surface area contributed by atoms with E-state index in [2.05, 4.69) is 43.0 Å². The minimum Gasteiger partial charge on any atom is -0.506 e. The van der Waals surface area contributed by atoms with Crippen LogP contribution in [0.1, 0.15) is 55.3 Å². The van der Waals surface area contributed by atoms with Crippen LogP contribution in [0.25, 0.3) is 0 Å². The van der Waals surface area contributed by atoms with Gasteiger partial charge in [-0.15, -0.1) is 0 Å². The molecule has 1 aromatic carbocycles. The molecule has 3 rings (SSSR count). The van der Waals surface area contributed by atoms with Crippen LogP contribution in [-0.2, 0) is 23.3 Å². The predicted molar refractivity (Wildman–Crippen MR) is 130 cm³/mol. The van der Waals surface area contributed by atoms with E-state index in [0.717, 1.165) is 5.56 Å². The zero-order chi connectivity index (χ0) is 24.5. The van der Waals surface area contributed by atoms with Crippen molar-refractivity contribution in [3.05, 3.63) is 52.6 Å². The number of aromatic nitrogens is 2. The van der Waals surface area contributed by atoms with Crippen molar-refractivity contribution >= 4 is 29.1 Å². The lowest BCUT2D eigenvalue weighted by molar-refractivity contribution is -0.130. The highest BCUT2D eigenvalue weighted by molar-refractivity contribution is 6.31. The Kier molecular flexibility index (Phi) is 7.07. The fraction of sp³-hybridized carbons (Fsp3) is 0.458. The number of imidazole rings is 1. The smallest absolute Gasteiger partial charge is 0.270 e. The molecule has 1 saturated heterocycles. The molecule has 8 nitrogen and oxygen atoms in total. The topological polar surface area (TPSA) is 99.5 Å². The number of likely N-dealkylation sites (tertiary alicyclic amines) is 1. The second-order valence-electron chi connectivity index (χ2n) is 9.28. The Morgan fingerprint density at radius 2 is 2.00 bits per heavy atom. The van der Waals surface area contributed by atoms with Gasteiger partial charge in [-0.05, 0) is 37.0 Å². The number of nitrogens with one attached hydrogen (secondary N) is 2. The second kappa shape index (κ2) is 9.47. The van der Waals surface area contributed by atoms with Crippen LogP contribution in [0.15, 0.2) is 24.8 Å². The highest BCUT2D eigenvalue weighted by Gasteiger charge is 2.32. The molecule has 1 aliphatic heterocycles. The number of aromatic hydroxyl groups is 1. The van der Waals surface area contributed by atoms with Gasteiger partial charge in [-0.1, -0.05) is 39.0 Å². The van der Waals surface area contributed by atoms with Crippen molar-refractivity contribution in [1.82, 2.24) is 19.8 Å². The van der Waals surface area contributed by atoms with E-state index in [1.165, 1.54) is 6.08 Å². The van der Waals surface area contributed by atoms with Crippen LogP contribution in [0.4, 0.5) is 5.69 Å². The summed E-state index contributed by atoms with van der Waals surface area (Å²) in [6, 6.07) is 3.30. The SMILES string of the molecule is C=CC(=O)N1CC(NC(=O)c2c(C)nc(CNc3cc(C(C)(C)C)c(Cl)cc3O)n2CC)C1. The minimum atomic E-state index is -0.215. The molecule has 1 aliphatic rings. The van der Waals surface area contributed by atoms with Crippen molar-refractivity contribution in [3.8, 4) is 5.75 Å². The highest BCUT2D eigenvalue weighted by Crippen LogP contribution is 2.37. The number of aryl methyl sites for hydroxylation is 1. The first kappa shape index (κ1) is 24.6. The van der Waals surface area contributed by atoms with E-state index in [4.69, 9.17) is 11.6 Å². The summed E-state index contributed by atoms with van der Waals surface area (Å²) in [7, 11) is 0. The lowest BCUT2D eigenvalue weighted by Gasteiger charge is -2.38. The fourth-order valence-electron chi connectivity index (χ4n) is 3.98. The Labute approximate surface area is 199 Å². The predicted octanol–water partition coefficient (Wildman–Crippen LogP) is 3.61. The molecule has 1 fully saturated rings. The molecule has 2 amide bonds. The van der Waals surface area contributed by atoms with Crippen molar-refractivity contribution in [1.29, 1.82) is 0 Å². The third kappa shape index (κ3) is 5.16. The van der Waals surface area contributed by atoms with Gasteiger partial charge in [0.1, 0.15) is 17.3 Å². The molecule has 33 heavy (non-hydrogen) atoms. The molecule has 3 N–H and O–H groups in total. The van der Waals surface area contributed by atoms with Crippen molar-refractivity contribution in [2.45, 2.75) is 59.2 Å². The Morgan fingerprint density at radius 1 is 1.33 bits per heavy atom. The summed E-state index contributed by atoms with van der Waals surface area (Å²) in [6.45, 7) is 15.2. The number of hydrogen-bond donors (Lipinski definition) is 3. The van der Waals surface area contributed by atoms with Gasteiger partial charge in [0, 0.05) is 30.7 Å². The quantitative estimate of drug-likeness (QED) is 0.421. The molecule has 0 radical (unpaired) electrons. The van der Waals surface area contributed by atoms with Gasteiger partial charge >= 0.3 is 0 Å². The highest BCUT2D eigenvalue weighted by atomic mass is 35.5. The monoisotopic (exact) mass is 473 g/mol. The van der Waals surface area contributed by atoms with Crippen LogP contribution in [0.2, 0.25) is 5.02 Å². The maximum Gasteiger partial charge on any atom is 0.270 e. The third-order valence-corrected chi connectivity index (χ3v) is 6.10. The number of carbonyl (C=O) groups excluding carboxylic acids is 2. The zero-order valence-corrected chi connectivity index (χ0v) is 20.6. The van der Waals surface area contributed by atoms with Crippen LogP contribution < -0.4 is 10.6 Å². The molecule has 0 bridgehead atoms. The maximum absolute atomic E-state index is 13.0. The summed E-state index contributed by atoms with van der Waals surface area (Å²) >= 11 is 6.33. The van der Waals surface area contributed by atoms with Crippen LogP contribution in [-0.4, -0.2) is 50.5 Å². The van der Waals surface area contributed by atoms with E-state index in [0.29, 0.717) is 54.1 Å². The van der Waals surface area contributed by atoms with Crippen molar-refractivity contribution < 1.29 is 14.7 Å². The number of rotatable bonds is 7. The normalized spacial score (nSPS) is 14.1. The number of phenolic OH excluding ortho intramolecular Hbond substituents is 1. The zero-order valence-electron chi connectivity index (χ0n) is 19.8. The van der Waals surface area contributed by atoms with Crippen LogP contribution in [0.5, 0.6) is 5.75 Å². The van der Waals surface area contributed by atoms with Gasteiger partial charge in [-0.25, -0.2) is 4.98 Å². The van der Waals surface area contributed by atoms with Gasteiger partial charge in [0.05, 0.1) is 24.0 Å². The Balaban J connectivity index is 1.75.